The Bertz CT molecular complexity index is 945. The molecule has 5 nitrogen and oxygen atoms in total. The highest BCUT2D eigenvalue weighted by Gasteiger charge is 2.17. The molecule has 1 N–H and O–H groups in total. The number of ether oxygens (including phenoxy) is 1. The number of aryl methyl sites for hydroxylation is 1. The van der Waals surface area contributed by atoms with E-state index in [1.165, 1.54) is 7.11 Å². The molecule has 0 saturated heterocycles. The van der Waals surface area contributed by atoms with Crippen molar-refractivity contribution in [1.29, 1.82) is 0 Å². The van der Waals surface area contributed by atoms with Crippen LogP contribution in [0.4, 0.5) is 0 Å². The van der Waals surface area contributed by atoms with Crippen LogP contribution in [0.25, 0.3) is 11.1 Å². The van der Waals surface area contributed by atoms with E-state index in [4.69, 9.17) is 9.15 Å². The third kappa shape index (κ3) is 3.92. The van der Waals surface area contributed by atoms with Gasteiger partial charge in [-0.2, -0.15) is 0 Å². The molecule has 0 bridgehead atoms. The third-order valence-electron chi connectivity index (χ3n) is 3.79. The number of hydrogen-bond acceptors (Lipinski definition) is 4. The lowest BCUT2D eigenvalue weighted by molar-refractivity contribution is 0.295. The van der Waals surface area contributed by atoms with Gasteiger partial charge in [-0.25, -0.2) is 13.1 Å². The molecule has 0 aliphatic carbocycles. The zero-order valence-corrected chi connectivity index (χ0v) is 14.8. The third-order valence-corrected chi connectivity index (χ3v) is 5.20. The first-order valence-corrected chi connectivity index (χ1v) is 9.26. The van der Waals surface area contributed by atoms with Crippen molar-refractivity contribution < 1.29 is 17.6 Å². The molecule has 0 saturated carbocycles. The number of hydrogen-bond donors (Lipinski definition) is 1. The minimum atomic E-state index is -3.60. The highest BCUT2D eigenvalue weighted by atomic mass is 32.2. The fraction of sp³-hybridized carbons (Fsp3) is 0.158. The average Bonchev–Trinajstić information content (AvgIpc) is 3.05. The van der Waals surface area contributed by atoms with Crippen LogP contribution in [-0.2, 0) is 16.6 Å². The van der Waals surface area contributed by atoms with Crippen LogP contribution in [0.5, 0.6) is 5.95 Å². The van der Waals surface area contributed by atoms with Crippen LogP contribution in [0.3, 0.4) is 0 Å². The van der Waals surface area contributed by atoms with E-state index >= 15 is 0 Å². The summed E-state index contributed by atoms with van der Waals surface area (Å²) in [5.74, 6) is 0.835. The Morgan fingerprint density at radius 2 is 1.72 bits per heavy atom. The van der Waals surface area contributed by atoms with Gasteiger partial charge in [-0.1, -0.05) is 48.0 Å². The summed E-state index contributed by atoms with van der Waals surface area (Å²) in [5, 5.41) is 0. The fourth-order valence-electron chi connectivity index (χ4n) is 2.45. The van der Waals surface area contributed by atoms with Crippen LogP contribution in [-0.4, -0.2) is 15.5 Å². The van der Waals surface area contributed by atoms with Crippen molar-refractivity contribution in [2.24, 2.45) is 0 Å². The molecule has 0 fully saturated rings. The predicted molar refractivity (Wildman–Crippen MR) is 95.9 cm³/mol. The highest BCUT2D eigenvalue weighted by Crippen LogP contribution is 2.33. The molecule has 0 aliphatic rings. The molecule has 3 rings (SSSR count). The Kier molecular flexibility index (Phi) is 4.92. The van der Waals surface area contributed by atoms with Gasteiger partial charge in [-0.15, -0.1) is 0 Å². The second-order valence-electron chi connectivity index (χ2n) is 5.62. The normalized spacial score (nSPS) is 11.4. The maximum atomic E-state index is 12.4. The van der Waals surface area contributed by atoms with Crippen molar-refractivity contribution in [3.63, 3.8) is 0 Å². The highest BCUT2D eigenvalue weighted by molar-refractivity contribution is 7.89. The van der Waals surface area contributed by atoms with Gasteiger partial charge in [0.2, 0.25) is 10.0 Å². The van der Waals surface area contributed by atoms with Gasteiger partial charge in [0.15, 0.2) is 0 Å². The second-order valence-corrected chi connectivity index (χ2v) is 7.39. The van der Waals surface area contributed by atoms with Crippen LogP contribution >= 0.6 is 0 Å². The summed E-state index contributed by atoms with van der Waals surface area (Å²) >= 11 is 0. The maximum Gasteiger partial charge on any atom is 0.292 e. The van der Waals surface area contributed by atoms with Gasteiger partial charge in [0.1, 0.15) is 5.76 Å². The van der Waals surface area contributed by atoms with Gasteiger partial charge in [-0.3, -0.25) is 0 Å². The molecule has 0 radical (unpaired) electrons. The number of sulfonamides is 1. The lowest BCUT2D eigenvalue weighted by atomic mass is 10.1. The summed E-state index contributed by atoms with van der Waals surface area (Å²) in [7, 11) is -2.08. The molecule has 6 heteroatoms. The SMILES string of the molecule is COc1oc(CNS(=O)(=O)c2ccc(C)cc2)cc1-c1ccccc1. The monoisotopic (exact) mass is 357 g/mol. The zero-order valence-electron chi connectivity index (χ0n) is 14.0. The first-order valence-electron chi connectivity index (χ1n) is 7.78. The molecule has 0 amide bonds. The Balaban J connectivity index is 1.80. The quantitative estimate of drug-likeness (QED) is 0.730. The smallest absolute Gasteiger partial charge is 0.292 e. The fourth-order valence-corrected chi connectivity index (χ4v) is 3.44. The molecular formula is C19H19NO4S. The van der Waals surface area contributed by atoms with E-state index in [1.807, 2.05) is 37.3 Å². The molecule has 2 aromatic carbocycles. The summed E-state index contributed by atoms with van der Waals surface area (Å²) in [6.07, 6.45) is 0. The minimum absolute atomic E-state index is 0.0411. The van der Waals surface area contributed by atoms with Crippen molar-refractivity contribution in [2.75, 3.05) is 7.11 Å². The van der Waals surface area contributed by atoms with E-state index in [1.54, 1.807) is 30.3 Å². The summed E-state index contributed by atoms with van der Waals surface area (Å²) in [5.41, 5.74) is 2.73. The Morgan fingerprint density at radius 1 is 1.04 bits per heavy atom. The molecule has 0 unspecified atom stereocenters. The molecular weight excluding hydrogens is 338 g/mol. The second kappa shape index (κ2) is 7.13. The molecule has 25 heavy (non-hydrogen) atoms. The van der Waals surface area contributed by atoms with Crippen LogP contribution in [0.1, 0.15) is 11.3 Å². The number of furan rings is 1. The first kappa shape index (κ1) is 17.3. The molecule has 0 aliphatic heterocycles. The van der Waals surface area contributed by atoms with E-state index in [-0.39, 0.29) is 11.4 Å². The standard InChI is InChI=1S/C19H19NO4S/c1-14-8-10-17(11-9-14)25(21,22)20-13-16-12-18(19(23-2)24-16)15-6-4-3-5-7-15/h3-12,20H,13H2,1-2H3. The van der Waals surface area contributed by atoms with Crippen molar-refractivity contribution in [2.45, 2.75) is 18.4 Å². The largest absolute Gasteiger partial charge is 0.468 e. The van der Waals surface area contributed by atoms with Crippen molar-refractivity contribution in [3.05, 3.63) is 72.0 Å². The van der Waals surface area contributed by atoms with Gasteiger partial charge < -0.3 is 9.15 Å². The van der Waals surface area contributed by atoms with Gasteiger partial charge in [0.25, 0.3) is 5.95 Å². The van der Waals surface area contributed by atoms with E-state index in [0.29, 0.717) is 11.7 Å². The summed E-state index contributed by atoms with van der Waals surface area (Å²) < 4.78 is 38.2. The van der Waals surface area contributed by atoms with Crippen LogP contribution < -0.4 is 9.46 Å². The van der Waals surface area contributed by atoms with E-state index in [2.05, 4.69) is 4.72 Å². The van der Waals surface area contributed by atoms with Gasteiger partial charge in [-0.05, 0) is 30.7 Å². The van der Waals surface area contributed by atoms with Crippen LogP contribution in [0, 0.1) is 6.92 Å². The molecule has 0 spiro atoms. The van der Waals surface area contributed by atoms with Crippen molar-refractivity contribution in [3.8, 4) is 17.1 Å². The van der Waals surface area contributed by atoms with Crippen LogP contribution in [0.2, 0.25) is 0 Å². The summed E-state index contributed by atoms with van der Waals surface area (Å²) in [6.45, 7) is 1.95. The van der Waals surface area contributed by atoms with E-state index in [0.717, 1.165) is 16.7 Å². The van der Waals surface area contributed by atoms with Crippen molar-refractivity contribution in [1.82, 2.24) is 4.72 Å². The first-order chi connectivity index (χ1) is 12.0. The molecule has 130 valence electrons. The van der Waals surface area contributed by atoms with Gasteiger partial charge in [0, 0.05) is 0 Å². The van der Waals surface area contributed by atoms with Crippen LogP contribution in [0.15, 0.2) is 70.0 Å². The van der Waals surface area contributed by atoms with Gasteiger partial charge >= 0.3 is 0 Å². The Morgan fingerprint density at radius 3 is 2.36 bits per heavy atom. The summed E-state index contributed by atoms with van der Waals surface area (Å²) in [6, 6.07) is 18.1. The van der Waals surface area contributed by atoms with E-state index in [9.17, 15) is 8.42 Å². The topological polar surface area (TPSA) is 68.5 Å². The molecule has 0 atom stereocenters. The molecule has 3 aromatic rings. The lowest BCUT2D eigenvalue weighted by Gasteiger charge is -2.05. The Labute approximate surface area is 147 Å². The minimum Gasteiger partial charge on any atom is -0.468 e. The number of nitrogens with one attached hydrogen (secondary N) is 1. The number of benzene rings is 2. The number of methoxy groups -OCH3 is 1. The van der Waals surface area contributed by atoms with Crippen molar-refractivity contribution >= 4 is 10.0 Å². The Hall–Kier alpha value is -2.57. The van der Waals surface area contributed by atoms with Gasteiger partial charge in [0.05, 0.1) is 24.1 Å². The molecule has 1 heterocycles. The molecule has 1 aromatic heterocycles. The van der Waals surface area contributed by atoms with E-state index < -0.39 is 10.0 Å². The average molecular weight is 357 g/mol. The number of rotatable bonds is 6. The predicted octanol–water partition coefficient (Wildman–Crippen LogP) is 3.74. The lowest BCUT2D eigenvalue weighted by Crippen LogP contribution is -2.22. The maximum absolute atomic E-state index is 12.4. The summed E-state index contributed by atoms with van der Waals surface area (Å²) in [4.78, 5) is 0.222. The zero-order chi connectivity index (χ0) is 17.9.